The summed E-state index contributed by atoms with van der Waals surface area (Å²) < 4.78 is 5.74. The molecule has 1 aromatic carbocycles. The number of carbonyl (C=O) groups is 2. The smallest absolute Gasteiger partial charge is 0.264 e. The van der Waals surface area contributed by atoms with Crippen LogP contribution in [0.25, 0.3) is 0 Å². The first kappa shape index (κ1) is 13.3. The lowest BCUT2D eigenvalue weighted by Crippen LogP contribution is -2.56. The summed E-state index contributed by atoms with van der Waals surface area (Å²) in [5, 5.41) is 13.5. The second-order valence-corrected chi connectivity index (χ2v) is 5.99. The van der Waals surface area contributed by atoms with E-state index in [0.29, 0.717) is 24.1 Å². The van der Waals surface area contributed by atoms with Crippen LogP contribution in [0.3, 0.4) is 0 Å². The van der Waals surface area contributed by atoms with Crippen molar-refractivity contribution >= 4 is 17.4 Å². The summed E-state index contributed by atoms with van der Waals surface area (Å²) in [6, 6.07) is 6.83. The van der Waals surface area contributed by atoms with E-state index < -0.39 is 23.2 Å². The Balaban J connectivity index is 2.07. The number of ether oxygens (including phenoxy) is 1. The number of hydrogen-bond donors (Lipinski definition) is 2. The van der Waals surface area contributed by atoms with E-state index in [1.165, 1.54) is 0 Å². The molecule has 0 aliphatic carbocycles. The lowest BCUT2D eigenvalue weighted by molar-refractivity contribution is -0.194. The highest BCUT2D eigenvalue weighted by atomic mass is 16.5. The van der Waals surface area contributed by atoms with Gasteiger partial charge < -0.3 is 15.2 Å². The third-order valence-electron chi connectivity index (χ3n) is 4.01. The van der Waals surface area contributed by atoms with Crippen LogP contribution in [-0.4, -0.2) is 28.5 Å². The topological polar surface area (TPSA) is 75.6 Å². The van der Waals surface area contributed by atoms with Gasteiger partial charge in [0.25, 0.3) is 5.91 Å². The number of ketones is 1. The Labute approximate surface area is 116 Å². The molecule has 0 spiro atoms. The fourth-order valence-corrected chi connectivity index (χ4v) is 2.84. The second kappa shape index (κ2) is 4.14. The monoisotopic (exact) mass is 275 g/mol. The predicted molar refractivity (Wildman–Crippen MR) is 72.2 cm³/mol. The number of rotatable bonds is 1. The van der Waals surface area contributed by atoms with E-state index >= 15 is 0 Å². The summed E-state index contributed by atoms with van der Waals surface area (Å²) in [5.41, 5.74) is -1.54. The van der Waals surface area contributed by atoms with E-state index in [-0.39, 0.29) is 5.78 Å². The van der Waals surface area contributed by atoms with Crippen LogP contribution in [0, 0.1) is 0 Å². The van der Waals surface area contributed by atoms with Crippen LogP contribution < -0.4 is 5.32 Å². The zero-order valence-electron chi connectivity index (χ0n) is 11.5. The normalized spacial score (nSPS) is 31.9. The molecule has 0 saturated carbocycles. The number of benzene rings is 1. The van der Waals surface area contributed by atoms with Gasteiger partial charge in [0, 0.05) is 17.7 Å². The van der Waals surface area contributed by atoms with Crippen molar-refractivity contribution in [3.05, 3.63) is 29.8 Å². The summed E-state index contributed by atoms with van der Waals surface area (Å²) in [7, 11) is 0. The van der Waals surface area contributed by atoms with Crippen molar-refractivity contribution in [1.82, 2.24) is 0 Å². The molecular weight excluding hydrogens is 258 g/mol. The molecule has 2 heterocycles. The molecular formula is C15H17NO4. The van der Waals surface area contributed by atoms with Gasteiger partial charge in [-0.3, -0.25) is 9.59 Å². The standard InChI is InChI=1S/C15H17NO4/c1-14(2)8-7-11(17)12(20-14)15(19)9-5-3-4-6-10(9)16-13(15)18/h3-6,12,19H,7-8H2,1-2H3,(H,16,18)/t12-,15+/m1/s1. The van der Waals surface area contributed by atoms with Gasteiger partial charge >= 0.3 is 0 Å². The van der Waals surface area contributed by atoms with Crippen LogP contribution in [0.1, 0.15) is 32.3 Å². The van der Waals surface area contributed by atoms with Gasteiger partial charge in [0.1, 0.15) is 0 Å². The van der Waals surface area contributed by atoms with E-state index in [1.54, 1.807) is 24.3 Å². The maximum absolute atomic E-state index is 12.2. The second-order valence-electron chi connectivity index (χ2n) is 5.99. The number of fused-ring (bicyclic) bond motifs is 1. The maximum atomic E-state index is 12.2. The molecule has 0 unspecified atom stereocenters. The summed E-state index contributed by atoms with van der Waals surface area (Å²) in [4.78, 5) is 24.4. The lowest BCUT2D eigenvalue weighted by atomic mass is 9.82. The van der Waals surface area contributed by atoms with Gasteiger partial charge in [-0.2, -0.15) is 0 Å². The Morgan fingerprint density at radius 2 is 2.00 bits per heavy atom. The lowest BCUT2D eigenvalue weighted by Gasteiger charge is -2.40. The molecule has 5 heteroatoms. The number of carbonyl (C=O) groups excluding carboxylic acids is 2. The van der Waals surface area contributed by atoms with Gasteiger partial charge in [-0.25, -0.2) is 0 Å². The number of para-hydroxylation sites is 1. The molecule has 0 aromatic heterocycles. The summed E-state index contributed by atoms with van der Waals surface area (Å²) in [5.74, 6) is -0.839. The minimum Gasteiger partial charge on any atom is -0.373 e. The Hall–Kier alpha value is -1.72. The van der Waals surface area contributed by atoms with Gasteiger partial charge in [0.15, 0.2) is 11.9 Å². The molecule has 0 radical (unpaired) electrons. The summed E-state index contributed by atoms with van der Waals surface area (Å²) in [6.07, 6.45) is -0.271. The quantitative estimate of drug-likeness (QED) is 0.811. The highest BCUT2D eigenvalue weighted by Gasteiger charge is 2.57. The number of aliphatic hydroxyl groups is 1. The number of nitrogens with one attached hydrogen (secondary N) is 1. The minimum atomic E-state index is -1.94. The highest BCUT2D eigenvalue weighted by molar-refractivity contribution is 6.08. The number of anilines is 1. The Morgan fingerprint density at radius 3 is 2.75 bits per heavy atom. The van der Waals surface area contributed by atoms with E-state index in [4.69, 9.17) is 4.74 Å². The number of hydrogen-bond acceptors (Lipinski definition) is 4. The first-order valence-electron chi connectivity index (χ1n) is 6.68. The predicted octanol–water partition coefficient (Wildman–Crippen LogP) is 1.35. The van der Waals surface area contributed by atoms with Crippen LogP contribution >= 0.6 is 0 Å². The number of Topliss-reactive ketones (excluding diaryl/α,β-unsaturated/α-hetero) is 1. The van der Waals surface area contributed by atoms with E-state index in [1.807, 2.05) is 13.8 Å². The summed E-state index contributed by atoms with van der Waals surface area (Å²) in [6.45, 7) is 3.71. The van der Waals surface area contributed by atoms with E-state index in [0.717, 1.165) is 0 Å². The molecule has 2 aliphatic heterocycles. The Kier molecular flexibility index (Phi) is 2.74. The fourth-order valence-electron chi connectivity index (χ4n) is 2.84. The van der Waals surface area contributed by atoms with Gasteiger partial charge in [-0.05, 0) is 26.3 Å². The molecule has 3 rings (SSSR count). The zero-order valence-corrected chi connectivity index (χ0v) is 11.5. The van der Waals surface area contributed by atoms with Crippen molar-refractivity contribution in [3.63, 3.8) is 0 Å². The summed E-state index contributed by atoms with van der Waals surface area (Å²) >= 11 is 0. The van der Waals surface area contributed by atoms with Gasteiger partial charge in [-0.1, -0.05) is 18.2 Å². The molecule has 1 aromatic rings. The SMILES string of the molecule is CC1(C)CCC(=O)[C@H]([C@]2(O)C(=O)Nc3ccccc32)O1. The first-order chi connectivity index (χ1) is 9.34. The molecule has 20 heavy (non-hydrogen) atoms. The van der Waals surface area contributed by atoms with Crippen LogP contribution in [0.4, 0.5) is 5.69 Å². The van der Waals surface area contributed by atoms with Crippen molar-refractivity contribution in [2.45, 2.75) is 44.0 Å². The largest absolute Gasteiger partial charge is 0.373 e. The molecule has 106 valence electrons. The van der Waals surface area contributed by atoms with Crippen molar-refractivity contribution in [2.75, 3.05) is 5.32 Å². The molecule has 0 bridgehead atoms. The highest BCUT2D eigenvalue weighted by Crippen LogP contribution is 2.43. The van der Waals surface area contributed by atoms with Crippen LogP contribution in [0.5, 0.6) is 0 Å². The molecule has 1 saturated heterocycles. The van der Waals surface area contributed by atoms with Crippen LogP contribution in [0.15, 0.2) is 24.3 Å². The Bertz CT molecular complexity index is 595. The van der Waals surface area contributed by atoms with Crippen LogP contribution in [0.2, 0.25) is 0 Å². The molecule has 2 atom stereocenters. The van der Waals surface area contributed by atoms with Crippen molar-refractivity contribution in [1.29, 1.82) is 0 Å². The molecule has 2 aliphatic rings. The fraction of sp³-hybridized carbons (Fsp3) is 0.467. The third-order valence-corrected chi connectivity index (χ3v) is 4.01. The zero-order chi connectivity index (χ0) is 14.5. The molecule has 1 fully saturated rings. The van der Waals surface area contributed by atoms with Crippen molar-refractivity contribution in [3.8, 4) is 0 Å². The molecule has 1 amide bonds. The molecule has 5 nitrogen and oxygen atoms in total. The van der Waals surface area contributed by atoms with E-state index in [9.17, 15) is 14.7 Å². The molecule has 2 N–H and O–H groups in total. The Morgan fingerprint density at radius 1 is 1.30 bits per heavy atom. The van der Waals surface area contributed by atoms with E-state index in [2.05, 4.69) is 5.32 Å². The van der Waals surface area contributed by atoms with Crippen LogP contribution in [-0.2, 0) is 19.9 Å². The average Bonchev–Trinajstić information content (AvgIpc) is 2.66. The third kappa shape index (κ3) is 1.77. The maximum Gasteiger partial charge on any atom is 0.264 e. The van der Waals surface area contributed by atoms with Gasteiger partial charge in [0.05, 0.1) is 5.60 Å². The van der Waals surface area contributed by atoms with Crippen molar-refractivity contribution < 1.29 is 19.4 Å². The first-order valence-corrected chi connectivity index (χ1v) is 6.68. The van der Waals surface area contributed by atoms with Gasteiger partial charge in [0.2, 0.25) is 5.60 Å². The van der Waals surface area contributed by atoms with Crippen molar-refractivity contribution in [2.24, 2.45) is 0 Å². The number of amides is 1. The van der Waals surface area contributed by atoms with Gasteiger partial charge in [-0.15, -0.1) is 0 Å². The minimum absolute atomic E-state index is 0.237. The average molecular weight is 275 g/mol.